The molecule has 0 saturated heterocycles. The van der Waals surface area contributed by atoms with Crippen molar-refractivity contribution in [3.8, 4) is 0 Å². The van der Waals surface area contributed by atoms with Crippen LogP contribution in [0.5, 0.6) is 0 Å². The van der Waals surface area contributed by atoms with Crippen LogP contribution in [-0.4, -0.2) is 20.9 Å². The minimum Gasteiger partial charge on any atom is -0.481 e. The molecule has 0 fully saturated rings. The number of benzene rings is 1. The van der Waals surface area contributed by atoms with Crippen molar-refractivity contribution in [1.82, 2.24) is 9.78 Å². The highest BCUT2D eigenvalue weighted by atomic mass is 16.4. The van der Waals surface area contributed by atoms with Crippen molar-refractivity contribution >= 4 is 5.97 Å². The standard InChI is InChI=1S/C12H12N2O2/c15-12(16)11(9-14-8-4-7-13-14)10-5-2-1-3-6-10/h1-8,11H,9H2,(H,15,16). The van der Waals surface area contributed by atoms with E-state index in [1.54, 1.807) is 23.1 Å². The zero-order valence-electron chi connectivity index (χ0n) is 8.65. The molecule has 0 aliphatic rings. The monoisotopic (exact) mass is 216 g/mol. The van der Waals surface area contributed by atoms with Crippen LogP contribution in [0.2, 0.25) is 0 Å². The van der Waals surface area contributed by atoms with Gasteiger partial charge in [0.2, 0.25) is 0 Å². The summed E-state index contributed by atoms with van der Waals surface area (Å²) in [4.78, 5) is 11.2. The van der Waals surface area contributed by atoms with Crippen LogP contribution >= 0.6 is 0 Å². The van der Waals surface area contributed by atoms with Crippen molar-refractivity contribution in [2.45, 2.75) is 12.5 Å². The van der Waals surface area contributed by atoms with Crippen LogP contribution in [0.1, 0.15) is 11.5 Å². The molecule has 0 spiro atoms. The van der Waals surface area contributed by atoms with Crippen LogP contribution in [0.3, 0.4) is 0 Å². The second-order valence-electron chi connectivity index (χ2n) is 3.53. The zero-order valence-corrected chi connectivity index (χ0v) is 8.65. The predicted octanol–water partition coefficient (Wildman–Crippen LogP) is 1.75. The van der Waals surface area contributed by atoms with Crippen molar-refractivity contribution in [3.63, 3.8) is 0 Å². The van der Waals surface area contributed by atoms with Crippen LogP contribution in [0.25, 0.3) is 0 Å². The lowest BCUT2D eigenvalue weighted by Crippen LogP contribution is -2.18. The molecule has 1 aromatic heterocycles. The molecule has 1 atom stereocenters. The molecule has 0 radical (unpaired) electrons. The topological polar surface area (TPSA) is 55.1 Å². The van der Waals surface area contributed by atoms with Gasteiger partial charge in [-0.25, -0.2) is 0 Å². The van der Waals surface area contributed by atoms with Crippen LogP contribution < -0.4 is 0 Å². The van der Waals surface area contributed by atoms with Gasteiger partial charge < -0.3 is 5.11 Å². The molecule has 4 heteroatoms. The first kappa shape index (κ1) is 10.4. The number of carboxylic acid groups (broad SMARTS) is 1. The Morgan fingerprint density at radius 3 is 2.62 bits per heavy atom. The number of aliphatic carboxylic acids is 1. The number of aromatic nitrogens is 2. The minimum absolute atomic E-state index is 0.354. The summed E-state index contributed by atoms with van der Waals surface area (Å²) in [7, 11) is 0. The van der Waals surface area contributed by atoms with Crippen molar-refractivity contribution in [2.75, 3.05) is 0 Å². The Kier molecular flexibility index (Phi) is 3.00. The van der Waals surface area contributed by atoms with E-state index in [2.05, 4.69) is 5.10 Å². The Hall–Kier alpha value is -2.10. The smallest absolute Gasteiger partial charge is 0.312 e. The highest BCUT2D eigenvalue weighted by molar-refractivity contribution is 5.75. The highest BCUT2D eigenvalue weighted by Crippen LogP contribution is 2.17. The molecule has 1 heterocycles. The van der Waals surface area contributed by atoms with Gasteiger partial charge in [0.25, 0.3) is 0 Å². The molecule has 1 aromatic carbocycles. The quantitative estimate of drug-likeness (QED) is 0.847. The van der Waals surface area contributed by atoms with E-state index < -0.39 is 11.9 Å². The van der Waals surface area contributed by atoms with Gasteiger partial charge in [0, 0.05) is 12.4 Å². The maximum atomic E-state index is 11.2. The van der Waals surface area contributed by atoms with E-state index in [9.17, 15) is 9.90 Å². The number of rotatable bonds is 4. The summed E-state index contributed by atoms with van der Waals surface area (Å²) < 4.78 is 1.63. The van der Waals surface area contributed by atoms with E-state index in [1.165, 1.54) is 0 Å². The summed E-state index contributed by atoms with van der Waals surface area (Å²) in [6.45, 7) is 0.354. The van der Waals surface area contributed by atoms with E-state index in [0.29, 0.717) is 6.54 Å². The van der Waals surface area contributed by atoms with Gasteiger partial charge in [0.1, 0.15) is 5.92 Å². The molecular weight excluding hydrogens is 204 g/mol. The molecule has 1 N–H and O–H groups in total. The second kappa shape index (κ2) is 4.61. The van der Waals surface area contributed by atoms with Gasteiger partial charge in [0.15, 0.2) is 0 Å². The summed E-state index contributed by atoms with van der Waals surface area (Å²) >= 11 is 0. The van der Waals surface area contributed by atoms with E-state index in [4.69, 9.17) is 0 Å². The third kappa shape index (κ3) is 2.28. The molecule has 1 unspecified atom stereocenters. The third-order valence-electron chi connectivity index (χ3n) is 2.43. The molecule has 2 aromatic rings. The maximum absolute atomic E-state index is 11.2. The third-order valence-corrected chi connectivity index (χ3v) is 2.43. The number of carbonyl (C=O) groups is 1. The lowest BCUT2D eigenvalue weighted by atomic mass is 9.99. The van der Waals surface area contributed by atoms with Crippen LogP contribution in [0.15, 0.2) is 48.8 Å². The summed E-state index contributed by atoms with van der Waals surface area (Å²) in [5.74, 6) is -1.39. The molecule has 82 valence electrons. The SMILES string of the molecule is O=C(O)C(Cn1cccn1)c1ccccc1. The normalized spacial score (nSPS) is 12.2. The fourth-order valence-electron chi connectivity index (χ4n) is 1.61. The van der Waals surface area contributed by atoms with E-state index in [-0.39, 0.29) is 0 Å². The fraction of sp³-hybridized carbons (Fsp3) is 0.167. The second-order valence-corrected chi connectivity index (χ2v) is 3.53. The summed E-state index contributed by atoms with van der Waals surface area (Å²) in [5.41, 5.74) is 0.797. The molecule has 0 amide bonds. The van der Waals surface area contributed by atoms with Gasteiger partial charge in [-0.1, -0.05) is 30.3 Å². The van der Waals surface area contributed by atoms with Crippen molar-refractivity contribution in [3.05, 3.63) is 54.4 Å². The first-order chi connectivity index (χ1) is 7.77. The van der Waals surface area contributed by atoms with Crippen LogP contribution in [0, 0.1) is 0 Å². The summed E-state index contributed by atoms with van der Waals surface area (Å²) in [6.07, 6.45) is 3.41. The number of carboxylic acids is 1. The zero-order chi connectivity index (χ0) is 11.4. The molecule has 0 saturated carbocycles. The molecule has 2 rings (SSSR count). The lowest BCUT2D eigenvalue weighted by Gasteiger charge is -2.12. The predicted molar refractivity (Wildman–Crippen MR) is 59.0 cm³/mol. The van der Waals surface area contributed by atoms with E-state index >= 15 is 0 Å². The van der Waals surface area contributed by atoms with Gasteiger partial charge >= 0.3 is 5.97 Å². The van der Waals surface area contributed by atoms with Crippen molar-refractivity contribution < 1.29 is 9.90 Å². The number of nitrogens with zero attached hydrogens (tertiary/aromatic N) is 2. The number of hydrogen-bond acceptors (Lipinski definition) is 2. The van der Waals surface area contributed by atoms with Gasteiger partial charge in [-0.3, -0.25) is 9.48 Å². The van der Waals surface area contributed by atoms with Crippen molar-refractivity contribution in [1.29, 1.82) is 0 Å². The molecule has 4 nitrogen and oxygen atoms in total. The largest absolute Gasteiger partial charge is 0.481 e. The Bertz CT molecular complexity index is 451. The van der Waals surface area contributed by atoms with Crippen molar-refractivity contribution in [2.24, 2.45) is 0 Å². The maximum Gasteiger partial charge on any atom is 0.312 e. The fourth-order valence-corrected chi connectivity index (χ4v) is 1.61. The van der Waals surface area contributed by atoms with Gasteiger partial charge in [-0.05, 0) is 11.6 Å². The lowest BCUT2D eigenvalue weighted by molar-refractivity contribution is -0.139. The Morgan fingerprint density at radius 2 is 2.06 bits per heavy atom. The Balaban J connectivity index is 2.22. The molecule has 0 bridgehead atoms. The van der Waals surface area contributed by atoms with Gasteiger partial charge in [0.05, 0.1) is 6.54 Å². The molecule has 16 heavy (non-hydrogen) atoms. The number of hydrogen-bond donors (Lipinski definition) is 1. The van der Waals surface area contributed by atoms with Crippen LogP contribution in [0.4, 0.5) is 0 Å². The molecule has 0 aliphatic heterocycles. The average Bonchev–Trinajstić information content (AvgIpc) is 2.79. The highest BCUT2D eigenvalue weighted by Gasteiger charge is 2.20. The average molecular weight is 216 g/mol. The Labute approximate surface area is 93.1 Å². The van der Waals surface area contributed by atoms with E-state index in [0.717, 1.165) is 5.56 Å². The van der Waals surface area contributed by atoms with E-state index in [1.807, 2.05) is 30.3 Å². The first-order valence-corrected chi connectivity index (χ1v) is 5.02. The summed E-state index contributed by atoms with van der Waals surface area (Å²) in [6, 6.07) is 11.0. The van der Waals surface area contributed by atoms with Crippen LogP contribution in [-0.2, 0) is 11.3 Å². The Morgan fingerprint density at radius 1 is 1.31 bits per heavy atom. The first-order valence-electron chi connectivity index (χ1n) is 5.02. The molecular formula is C12H12N2O2. The van der Waals surface area contributed by atoms with Gasteiger partial charge in [-0.15, -0.1) is 0 Å². The summed E-state index contributed by atoms with van der Waals surface area (Å²) in [5, 5.41) is 13.2. The molecule has 0 aliphatic carbocycles. The minimum atomic E-state index is -0.832. The van der Waals surface area contributed by atoms with Gasteiger partial charge in [-0.2, -0.15) is 5.10 Å².